The first-order valence-electron chi connectivity index (χ1n) is 10.0. The maximum Gasteiger partial charge on any atom is 0.242 e. The fraction of sp³-hybridized carbons (Fsp3) is 0.364. The second-order valence-corrected chi connectivity index (χ2v) is 8.22. The Labute approximate surface area is 181 Å². The average Bonchev–Trinajstić information content (AvgIpc) is 3.27. The van der Waals surface area contributed by atoms with Gasteiger partial charge in [0.05, 0.1) is 12.0 Å². The van der Waals surface area contributed by atoms with Crippen molar-refractivity contribution in [2.45, 2.75) is 25.3 Å². The molecule has 156 valence electrons. The van der Waals surface area contributed by atoms with Gasteiger partial charge in [0.15, 0.2) is 0 Å². The van der Waals surface area contributed by atoms with Crippen LogP contribution in [0.25, 0.3) is 11.1 Å². The lowest BCUT2D eigenvalue weighted by atomic mass is 9.90. The monoisotopic (exact) mass is 424 g/mol. The molecule has 1 aromatic carbocycles. The third kappa shape index (κ3) is 4.46. The Balaban J connectivity index is 1.63. The standard InChI is InChI=1S/C22H25ClN6O/c1-27(2)22-25-12-19(16-5-7-18(23)8-6-16)21(26-22)17-4-3-10-29(13-17)20(30)14-28-11-9-24-15-28/h5-9,11-12,15,17H,3-4,10,13-14H2,1-2H3/t17-/m0/s1. The number of hydrogen-bond acceptors (Lipinski definition) is 5. The maximum absolute atomic E-state index is 12.8. The van der Waals surface area contributed by atoms with Gasteiger partial charge < -0.3 is 14.4 Å². The van der Waals surface area contributed by atoms with Crippen molar-refractivity contribution < 1.29 is 4.79 Å². The fourth-order valence-electron chi connectivity index (χ4n) is 3.83. The highest BCUT2D eigenvalue weighted by atomic mass is 35.5. The van der Waals surface area contributed by atoms with E-state index < -0.39 is 0 Å². The van der Waals surface area contributed by atoms with Gasteiger partial charge in [0, 0.05) is 62.3 Å². The third-order valence-electron chi connectivity index (χ3n) is 5.40. The van der Waals surface area contributed by atoms with Crippen molar-refractivity contribution in [3.05, 3.63) is 59.9 Å². The summed E-state index contributed by atoms with van der Waals surface area (Å²) in [4.78, 5) is 30.1. The molecule has 3 heterocycles. The number of hydrogen-bond donors (Lipinski definition) is 0. The summed E-state index contributed by atoms with van der Waals surface area (Å²) in [5, 5.41) is 0.695. The highest BCUT2D eigenvalue weighted by Gasteiger charge is 2.28. The number of rotatable bonds is 5. The van der Waals surface area contributed by atoms with E-state index in [4.69, 9.17) is 16.6 Å². The summed E-state index contributed by atoms with van der Waals surface area (Å²) >= 11 is 6.08. The Hall–Kier alpha value is -2.93. The summed E-state index contributed by atoms with van der Waals surface area (Å²) in [5.41, 5.74) is 3.00. The van der Waals surface area contributed by atoms with Gasteiger partial charge in [-0.05, 0) is 30.5 Å². The maximum atomic E-state index is 12.8. The molecular weight excluding hydrogens is 400 g/mol. The van der Waals surface area contributed by atoms with E-state index in [1.54, 1.807) is 17.1 Å². The molecule has 30 heavy (non-hydrogen) atoms. The molecule has 1 fully saturated rings. The van der Waals surface area contributed by atoms with E-state index in [2.05, 4.69) is 9.97 Å². The van der Waals surface area contributed by atoms with Gasteiger partial charge in [0.2, 0.25) is 11.9 Å². The summed E-state index contributed by atoms with van der Waals surface area (Å²) in [7, 11) is 3.87. The first-order chi connectivity index (χ1) is 14.5. The van der Waals surface area contributed by atoms with Crippen LogP contribution < -0.4 is 4.90 Å². The van der Waals surface area contributed by atoms with Crippen molar-refractivity contribution in [3.8, 4) is 11.1 Å². The lowest BCUT2D eigenvalue weighted by Crippen LogP contribution is -2.41. The number of anilines is 1. The normalized spacial score (nSPS) is 16.5. The van der Waals surface area contributed by atoms with Crippen molar-refractivity contribution in [2.24, 2.45) is 0 Å². The molecular formula is C22H25ClN6O. The van der Waals surface area contributed by atoms with Gasteiger partial charge in [-0.2, -0.15) is 0 Å². The van der Waals surface area contributed by atoms with Crippen LogP contribution in [0.5, 0.6) is 0 Å². The van der Waals surface area contributed by atoms with Gasteiger partial charge in [-0.1, -0.05) is 23.7 Å². The molecule has 1 atom stereocenters. The highest BCUT2D eigenvalue weighted by molar-refractivity contribution is 6.30. The predicted molar refractivity (Wildman–Crippen MR) is 118 cm³/mol. The van der Waals surface area contributed by atoms with Crippen molar-refractivity contribution in [3.63, 3.8) is 0 Å². The van der Waals surface area contributed by atoms with Crippen molar-refractivity contribution in [1.29, 1.82) is 0 Å². The Morgan fingerprint density at radius 2 is 2.07 bits per heavy atom. The molecule has 3 aromatic rings. The second-order valence-electron chi connectivity index (χ2n) is 7.78. The average molecular weight is 425 g/mol. The first kappa shape index (κ1) is 20.3. The molecule has 0 radical (unpaired) electrons. The lowest BCUT2D eigenvalue weighted by molar-refractivity contribution is -0.133. The number of amides is 1. The zero-order valence-corrected chi connectivity index (χ0v) is 18.0. The Morgan fingerprint density at radius 1 is 1.27 bits per heavy atom. The van der Waals surface area contributed by atoms with Crippen molar-refractivity contribution >= 4 is 23.5 Å². The van der Waals surface area contributed by atoms with Crippen LogP contribution in [-0.4, -0.2) is 57.5 Å². The predicted octanol–water partition coefficient (Wildman–Crippen LogP) is 3.47. The molecule has 1 aliphatic rings. The molecule has 0 aliphatic carbocycles. The van der Waals surface area contributed by atoms with E-state index >= 15 is 0 Å². The number of nitrogens with zero attached hydrogens (tertiary/aromatic N) is 6. The quantitative estimate of drug-likeness (QED) is 0.627. The minimum absolute atomic E-state index is 0.104. The van der Waals surface area contributed by atoms with Gasteiger partial charge in [-0.25, -0.2) is 15.0 Å². The Bertz CT molecular complexity index is 1000. The van der Waals surface area contributed by atoms with E-state index in [1.165, 1.54) is 0 Å². The highest BCUT2D eigenvalue weighted by Crippen LogP contribution is 2.34. The molecule has 0 spiro atoms. The zero-order chi connectivity index (χ0) is 21.1. The molecule has 0 unspecified atom stereocenters. The van der Waals surface area contributed by atoms with Crippen molar-refractivity contribution in [1.82, 2.24) is 24.4 Å². The van der Waals surface area contributed by atoms with Crippen LogP contribution in [0.1, 0.15) is 24.5 Å². The number of halogens is 1. The fourth-order valence-corrected chi connectivity index (χ4v) is 3.95. The molecule has 2 aromatic heterocycles. The van der Waals surface area contributed by atoms with Crippen LogP contribution in [0.2, 0.25) is 5.02 Å². The lowest BCUT2D eigenvalue weighted by Gasteiger charge is -2.33. The number of aromatic nitrogens is 4. The minimum atomic E-state index is 0.104. The number of carbonyl (C=O) groups is 1. The number of benzene rings is 1. The molecule has 1 aliphatic heterocycles. The van der Waals surface area contributed by atoms with E-state index in [0.29, 0.717) is 24.1 Å². The molecule has 1 amide bonds. The van der Waals surface area contributed by atoms with Crippen LogP contribution in [0.3, 0.4) is 0 Å². The summed E-state index contributed by atoms with van der Waals surface area (Å²) in [6.07, 6.45) is 8.99. The first-order valence-corrected chi connectivity index (χ1v) is 10.4. The number of piperidine rings is 1. The van der Waals surface area contributed by atoms with E-state index in [0.717, 1.165) is 36.2 Å². The molecule has 7 nitrogen and oxygen atoms in total. The van der Waals surface area contributed by atoms with Crippen LogP contribution >= 0.6 is 11.6 Å². The summed E-state index contributed by atoms with van der Waals surface area (Å²) < 4.78 is 1.81. The van der Waals surface area contributed by atoms with E-state index in [1.807, 2.05) is 60.6 Å². The van der Waals surface area contributed by atoms with Crippen molar-refractivity contribution in [2.75, 3.05) is 32.1 Å². The van der Waals surface area contributed by atoms with E-state index in [9.17, 15) is 4.79 Å². The number of imidazole rings is 1. The Morgan fingerprint density at radius 3 is 2.77 bits per heavy atom. The zero-order valence-electron chi connectivity index (χ0n) is 17.2. The third-order valence-corrected chi connectivity index (χ3v) is 5.65. The van der Waals surface area contributed by atoms with Gasteiger partial charge in [0.1, 0.15) is 6.54 Å². The molecule has 0 N–H and O–H groups in total. The van der Waals surface area contributed by atoms with E-state index in [-0.39, 0.29) is 11.8 Å². The van der Waals surface area contributed by atoms with Crippen LogP contribution in [0.4, 0.5) is 5.95 Å². The smallest absolute Gasteiger partial charge is 0.242 e. The molecule has 0 saturated carbocycles. The summed E-state index contributed by atoms with van der Waals surface area (Å²) in [6.45, 7) is 1.73. The minimum Gasteiger partial charge on any atom is -0.347 e. The largest absolute Gasteiger partial charge is 0.347 e. The Kier molecular flexibility index (Phi) is 5.99. The number of carbonyl (C=O) groups excluding carboxylic acids is 1. The molecule has 0 bridgehead atoms. The van der Waals surface area contributed by atoms with Crippen LogP contribution in [0, 0.1) is 0 Å². The van der Waals surface area contributed by atoms with Gasteiger partial charge in [-0.3, -0.25) is 4.79 Å². The van der Waals surface area contributed by atoms with Crippen LogP contribution in [0.15, 0.2) is 49.2 Å². The SMILES string of the molecule is CN(C)c1ncc(-c2ccc(Cl)cc2)c([C@H]2CCCN(C(=O)Cn3ccnc3)C2)n1. The van der Waals surface area contributed by atoms with Gasteiger partial charge in [0.25, 0.3) is 0 Å². The van der Waals surface area contributed by atoms with Gasteiger partial charge in [-0.15, -0.1) is 0 Å². The number of likely N-dealkylation sites (tertiary alicyclic amines) is 1. The van der Waals surface area contributed by atoms with Crippen LogP contribution in [-0.2, 0) is 11.3 Å². The molecule has 1 saturated heterocycles. The molecule has 4 rings (SSSR count). The van der Waals surface area contributed by atoms with Gasteiger partial charge >= 0.3 is 0 Å². The molecule has 8 heteroatoms. The second kappa shape index (κ2) is 8.83. The summed E-state index contributed by atoms with van der Waals surface area (Å²) in [6, 6.07) is 7.74. The topological polar surface area (TPSA) is 67.2 Å². The summed E-state index contributed by atoms with van der Waals surface area (Å²) in [5.74, 6) is 0.926.